The monoisotopic (exact) mass is 327 g/mol. The van der Waals surface area contributed by atoms with Crippen molar-refractivity contribution in [3.8, 4) is 5.69 Å². The minimum absolute atomic E-state index is 0.111. The van der Waals surface area contributed by atoms with E-state index in [2.05, 4.69) is 20.6 Å². The maximum Gasteiger partial charge on any atom is 0.230 e. The summed E-state index contributed by atoms with van der Waals surface area (Å²) in [6.45, 7) is 5.75. The van der Waals surface area contributed by atoms with Crippen molar-refractivity contribution in [3.63, 3.8) is 0 Å². The first-order valence-electron chi connectivity index (χ1n) is 7.25. The predicted molar refractivity (Wildman–Crippen MR) is 90.0 cm³/mol. The molecular weight excluding hydrogens is 310 g/mol. The molecule has 0 radical (unpaired) electrons. The van der Waals surface area contributed by atoms with Crippen LogP contribution in [0.1, 0.15) is 22.0 Å². The fourth-order valence-corrected chi connectivity index (χ4v) is 3.03. The number of carbonyl (C=O) groups excluding carboxylic acids is 1. The fraction of sp³-hybridized carbons (Fsp3) is 0.250. The summed E-state index contributed by atoms with van der Waals surface area (Å²) in [6.07, 6.45) is 0.267. The van der Waals surface area contributed by atoms with Crippen LogP contribution in [0.4, 0.5) is 5.13 Å². The van der Waals surface area contributed by atoms with Gasteiger partial charge in [0.2, 0.25) is 11.0 Å². The van der Waals surface area contributed by atoms with Crippen molar-refractivity contribution in [2.24, 2.45) is 0 Å². The maximum atomic E-state index is 12.2. The summed E-state index contributed by atoms with van der Waals surface area (Å²) in [5.74, 6) is -0.111. The minimum Gasteiger partial charge on any atom is -0.300 e. The number of carbonyl (C=O) groups is 1. The van der Waals surface area contributed by atoms with E-state index in [0.29, 0.717) is 5.13 Å². The van der Waals surface area contributed by atoms with Crippen molar-refractivity contribution in [2.75, 3.05) is 5.32 Å². The Bertz CT molecular complexity index is 838. The number of hydrogen-bond acceptors (Lipinski definition) is 5. The van der Waals surface area contributed by atoms with Crippen molar-refractivity contribution >= 4 is 22.4 Å². The van der Waals surface area contributed by atoms with Crippen LogP contribution in [0.25, 0.3) is 5.69 Å². The van der Waals surface area contributed by atoms with E-state index in [4.69, 9.17) is 0 Å². The number of para-hydroxylation sites is 1. The maximum absolute atomic E-state index is 12.2. The molecule has 7 heteroatoms. The second-order valence-corrected chi connectivity index (χ2v) is 6.43. The first-order valence-corrected chi connectivity index (χ1v) is 8.06. The molecule has 3 rings (SSSR count). The SMILES string of the molecule is Cc1nnc(NC(=O)Cc2c(C)nn(-c3ccccc3)c2C)s1. The molecule has 1 aromatic carbocycles. The molecule has 0 atom stereocenters. The van der Waals surface area contributed by atoms with Gasteiger partial charge in [-0.1, -0.05) is 29.5 Å². The molecule has 0 aliphatic rings. The van der Waals surface area contributed by atoms with Crippen LogP contribution in [0.2, 0.25) is 0 Å². The second-order valence-electron chi connectivity index (χ2n) is 5.25. The van der Waals surface area contributed by atoms with Gasteiger partial charge in [0.25, 0.3) is 0 Å². The van der Waals surface area contributed by atoms with Crippen molar-refractivity contribution in [3.05, 3.63) is 52.3 Å². The molecule has 118 valence electrons. The van der Waals surface area contributed by atoms with Gasteiger partial charge in [0.05, 0.1) is 17.8 Å². The molecule has 3 aromatic rings. The zero-order chi connectivity index (χ0) is 16.4. The number of nitrogens with one attached hydrogen (secondary N) is 1. The Balaban J connectivity index is 1.80. The topological polar surface area (TPSA) is 72.7 Å². The summed E-state index contributed by atoms with van der Waals surface area (Å²) in [5, 5.41) is 16.5. The van der Waals surface area contributed by atoms with E-state index >= 15 is 0 Å². The van der Waals surface area contributed by atoms with Crippen LogP contribution in [-0.4, -0.2) is 25.9 Å². The first-order chi connectivity index (χ1) is 11.0. The Morgan fingerprint density at radius 3 is 2.57 bits per heavy atom. The minimum atomic E-state index is -0.111. The van der Waals surface area contributed by atoms with Gasteiger partial charge >= 0.3 is 0 Å². The van der Waals surface area contributed by atoms with Crippen LogP contribution in [0.5, 0.6) is 0 Å². The van der Waals surface area contributed by atoms with E-state index in [1.807, 2.05) is 55.8 Å². The summed E-state index contributed by atoms with van der Waals surface area (Å²) in [4.78, 5) is 12.2. The molecule has 2 heterocycles. The number of anilines is 1. The highest BCUT2D eigenvalue weighted by Crippen LogP contribution is 2.19. The molecule has 1 N–H and O–H groups in total. The quantitative estimate of drug-likeness (QED) is 0.800. The van der Waals surface area contributed by atoms with E-state index in [9.17, 15) is 4.79 Å². The normalized spacial score (nSPS) is 10.7. The molecule has 0 aliphatic heterocycles. The Kier molecular flexibility index (Phi) is 4.20. The number of rotatable bonds is 4. The molecule has 0 saturated heterocycles. The summed E-state index contributed by atoms with van der Waals surface area (Å²) in [5.41, 5.74) is 3.75. The third-order valence-corrected chi connectivity index (χ3v) is 4.31. The third-order valence-electron chi connectivity index (χ3n) is 3.55. The van der Waals surface area contributed by atoms with Gasteiger partial charge in [0.1, 0.15) is 5.01 Å². The van der Waals surface area contributed by atoms with Gasteiger partial charge in [-0.25, -0.2) is 4.68 Å². The van der Waals surface area contributed by atoms with E-state index in [0.717, 1.165) is 27.6 Å². The van der Waals surface area contributed by atoms with Gasteiger partial charge in [0.15, 0.2) is 0 Å². The second kappa shape index (κ2) is 6.29. The lowest BCUT2D eigenvalue weighted by molar-refractivity contribution is -0.115. The van der Waals surface area contributed by atoms with Crippen molar-refractivity contribution in [1.82, 2.24) is 20.0 Å². The number of nitrogens with zero attached hydrogens (tertiary/aromatic N) is 4. The van der Waals surface area contributed by atoms with Crippen LogP contribution < -0.4 is 5.32 Å². The number of amides is 1. The van der Waals surface area contributed by atoms with Crippen LogP contribution in [0.15, 0.2) is 30.3 Å². The largest absolute Gasteiger partial charge is 0.300 e. The number of benzene rings is 1. The van der Waals surface area contributed by atoms with E-state index in [1.54, 1.807) is 0 Å². The lowest BCUT2D eigenvalue weighted by atomic mass is 10.1. The first kappa shape index (κ1) is 15.4. The molecule has 0 spiro atoms. The van der Waals surface area contributed by atoms with Crippen molar-refractivity contribution in [1.29, 1.82) is 0 Å². The molecule has 23 heavy (non-hydrogen) atoms. The van der Waals surface area contributed by atoms with E-state index < -0.39 is 0 Å². The number of aromatic nitrogens is 4. The van der Waals surface area contributed by atoms with Gasteiger partial charge in [-0.05, 0) is 32.9 Å². The lowest BCUT2D eigenvalue weighted by Gasteiger charge is -2.05. The zero-order valence-corrected chi connectivity index (χ0v) is 14.0. The Hall–Kier alpha value is -2.54. The van der Waals surface area contributed by atoms with Crippen molar-refractivity contribution < 1.29 is 4.79 Å². The van der Waals surface area contributed by atoms with E-state index in [1.165, 1.54) is 11.3 Å². The summed E-state index contributed by atoms with van der Waals surface area (Å²) >= 11 is 1.36. The highest BCUT2D eigenvalue weighted by atomic mass is 32.1. The number of aryl methyl sites for hydroxylation is 2. The molecule has 0 unspecified atom stereocenters. The highest BCUT2D eigenvalue weighted by molar-refractivity contribution is 7.15. The Labute approximate surface area is 138 Å². The van der Waals surface area contributed by atoms with Crippen LogP contribution in [0.3, 0.4) is 0 Å². The van der Waals surface area contributed by atoms with Crippen LogP contribution in [0, 0.1) is 20.8 Å². The van der Waals surface area contributed by atoms with Gasteiger partial charge in [-0.15, -0.1) is 10.2 Å². The molecular formula is C16H17N5OS. The number of hydrogen-bond donors (Lipinski definition) is 1. The Morgan fingerprint density at radius 1 is 1.17 bits per heavy atom. The molecule has 2 aromatic heterocycles. The smallest absolute Gasteiger partial charge is 0.230 e. The molecule has 0 bridgehead atoms. The molecule has 1 amide bonds. The van der Waals surface area contributed by atoms with Gasteiger partial charge in [-0.3, -0.25) is 4.79 Å². The summed E-state index contributed by atoms with van der Waals surface area (Å²) < 4.78 is 1.87. The molecule has 0 aliphatic carbocycles. The molecule has 0 fully saturated rings. The zero-order valence-electron chi connectivity index (χ0n) is 13.2. The molecule has 6 nitrogen and oxygen atoms in total. The third kappa shape index (κ3) is 3.29. The van der Waals surface area contributed by atoms with E-state index in [-0.39, 0.29) is 12.3 Å². The highest BCUT2D eigenvalue weighted by Gasteiger charge is 2.16. The van der Waals surface area contributed by atoms with Gasteiger partial charge in [0, 0.05) is 11.3 Å². The predicted octanol–water partition coefficient (Wildman–Crippen LogP) is 2.83. The summed E-state index contributed by atoms with van der Waals surface area (Å²) in [6, 6.07) is 9.89. The Morgan fingerprint density at radius 2 is 1.91 bits per heavy atom. The summed E-state index contributed by atoms with van der Waals surface area (Å²) in [7, 11) is 0. The molecule has 0 saturated carbocycles. The van der Waals surface area contributed by atoms with Crippen LogP contribution >= 0.6 is 11.3 Å². The lowest BCUT2D eigenvalue weighted by Crippen LogP contribution is -2.15. The van der Waals surface area contributed by atoms with Crippen molar-refractivity contribution in [2.45, 2.75) is 27.2 Å². The average Bonchev–Trinajstić information content (AvgIpc) is 3.06. The standard InChI is InChI=1S/C16H17N5OS/c1-10-14(9-15(22)17-16-19-18-12(3)23-16)11(2)21(20-10)13-7-5-4-6-8-13/h4-8H,9H2,1-3H3,(H,17,19,22). The average molecular weight is 327 g/mol. The fourth-order valence-electron chi connectivity index (χ4n) is 2.42. The van der Waals surface area contributed by atoms with Gasteiger partial charge < -0.3 is 5.32 Å². The van der Waals surface area contributed by atoms with Gasteiger partial charge in [-0.2, -0.15) is 5.10 Å². The van der Waals surface area contributed by atoms with Crippen LogP contribution in [-0.2, 0) is 11.2 Å².